The number of anilines is 1. The van der Waals surface area contributed by atoms with Crippen molar-refractivity contribution in [2.24, 2.45) is 5.73 Å². The smallest absolute Gasteiger partial charge is 0.320 e. The van der Waals surface area contributed by atoms with Crippen LogP contribution in [0.1, 0.15) is 24.8 Å². The molecular weight excluding hydrogens is 287 g/mol. The van der Waals surface area contributed by atoms with Gasteiger partial charge in [0.25, 0.3) is 0 Å². The molecule has 22 heavy (non-hydrogen) atoms. The van der Waals surface area contributed by atoms with Gasteiger partial charge >= 0.3 is 5.97 Å². The van der Waals surface area contributed by atoms with Crippen molar-refractivity contribution in [2.45, 2.75) is 31.7 Å². The van der Waals surface area contributed by atoms with Crippen molar-refractivity contribution >= 4 is 11.7 Å². The van der Waals surface area contributed by atoms with Gasteiger partial charge in [0.05, 0.1) is 0 Å². The molecular formula is C16H23FN2O3. The number of ether oxygens (including phenoxy) is 1. The number of benzene rings is 1. The molecule has 5 nitrogen and oxygen atoms in total. The summed E-state index contributed by atoms with van der Waals surface area (Å²) in [6.07, 6.45) is 3.71. The van der Waals surface area contributed by atoms with Crippen LogP contribution in [-0.4, -0.2) is 43.5 Å². The topological polar surface area (TPSA) is 75.8 Å². The Hall–Kier alpha value is -1.82. The Balaban J connectivity index is 2.23. The minimum Gasteiger partial charge on any atom is -0.491 e. The molecule has 2 rings (SSSR count). The number of alkyl halides is 1. The Labute approximate surface area is 129 Å². The van der Waals surface area contributed by atoms with Crippen molar-refractivity contribution in [1.29, 1.82) is 0 Å². The van der Waals surface area contributed by atoms with Crippen LogP contribution in [0.3, 0.4) is 0 Å². The summed E-state index contributed by atoms with van der Waals surface area (Å²) in [6, 6.07) is 4.54. The molecule has 3 N–H and O–H groups in total. The molecule has 122 valence electrons. The second kappa shape index (κ2) is 7.98. The first-order valence-electron chi connectivity index (χ1n) is 7.67. The Morgan fingerprint density at radius 1 is 1.36 bits per heavy atom. The molecule has 1 fully saturated rings. The van der Waals surface area contributed by atoms with E-state index in [1.165, 1.54) is 6.42 Å². The lowest BCUT2D eigenvalue weighted by Gasteiger charge is -2.31. The first kappa shape index (κ1) is 16.5. The number of carboxylic acids is 1. The zero-order chi connectivity index (χ0) is 15.9. The molecule has 1 aliphatic heterocycles. The zero-order valence-corrected chi connectivity index (χ0v) is 12.6. The molecule has 1 heterocycles. The van der Waals surface area contributed by atoms with Crippen LogP contribution >= 0.6 is 0 Å². The van der Waals surface area contributed by atoms with E-state index in [4.69, 9.17) is 15.6 Å². The van der Waals surface area contributed by atoms with Crippen LogP contribution in [0.15, 0.2) is 18.2 Å². The number of carbonyl (C=O) groups is 1. The molecule has 0 bridgehead atoms. The molecule has 1 atom stereocenters. The maximum absolute atomic E-state index is 12.2. The van der Waals surface area contributed by atoms with Gasteiger partial charge in [-0.3, -0.25) is 4.79 Å². The third-order valence-corrected chi connectivity index (χ3v) is 3.85. The molecule has 1 saturated heterocycles. The first-order valence-corrected chi connectivity index (χ1v) is 7.67. The summed E-state index contributed by atoms with van der Waals surface area (Å²) in [7, 11) is 0. The Kier molecular flexibility index (Phi) is 6.00. The largest absolute Gasteiger partial charge is 0.491 e. The van der Waals surface area contributed by atoms with Gasteiger partial charge in [0, 0.05) is 25.2 Å². The fourth-order valence-electron chi connectivity index (χ4n) is 2.74. The standard InChI is InChI=1S/C16H23FN2O3/c17-6-9-22-13-4-5-15(19-7-2-1-3-8-19)12(10-13)11-14(18)16(20)21/h4-5,10,14H,1-3,6-9,11,18H2,(H,20,21). The van der Waals surface area contributed by atoms with Crippen LogP contribution in [0.5, 0.6) is 5.75 Å². The van der Waals surface area contributed by atoms with Gasteiger partial charge in [-0.25, -0.2) is 4.39 Å². The van der Waals surface area contributed by atoms with E-state index in [9.17, 15) is 9.18 Å². The minimum atomic E-state index is -1.03. The lowest BCUT2D eigenvalue weighted by molar-refractivity contribution is -0.138. The summed E-state index contributed by atoms with van der Waals surface area (Å²) in [5.41, 5.74) is 7.52. The van der Waals surface area contributed by atoms with E-state index in [0.29, 0.717) is 5.75 Å². The van der Waals surface area contributed by atoms with E-state index in [1.807, 2.05) is 6.07 Å². The number of nitrogens with two attached hydrogens (primary N) is 1. The summed E-state index contributed by atoms with van der Waals surface area (Å²) in [5, 5.41) is 9.04. The third-order valence-electron chi connectivity index (χ3n) is 3.85. The van der Waals surface area contributed by atoms with Gasteiger partial charge in [0.2, 0.25) is 0 Å². The highest BCUT2D eigenvalue weighted by Crippen LogP contribution is 2.29. The molecule has 1 aromatic rings. The summed E-state index contributed by atoms with van der Waals surface area (Å²) >= 11 is 0. The monoisotopic (exact) mass is 310 g/mol. The van der Waals surface area contributed by atoms with Crippen LogP contribution in [0.25, 0.3) is 0 Å². The van der Waals surface area contributed by atoms with Gasteiger partial charge in [-0.05, 0) is 43.0 Å². The lowest BCUT2D eigenvalue weighted by atomic mass is 10.0. The maximum atomic E-state index is 12.2. The number of rotatable bonds is 7. The summed E-state index contributed by atoms with van der Waals surface area (Å²) < 4.78 is 17.5. The Morgan fingerprint density at radius 2 is 2.09 bits per heavy atom. The minimum absolute atomic E-state index is 0.00646. The lowest BCUT2D eigenvalue weighted by Crippen LogP contribution is -2.34. The molecule has 0 aliphatic carbocycles. The zero-order valence-electron chi connectivity index (χ0n) is 12.6. The molecule has 0 radical (unpaired) electrons. The predicted octanol–water partition coefficient (Wildman–Crippen LogP) is 1.98. The second-order valence-electron chi connectivity index (χ2n) is 5.52. The highest BCUT2D eigenvalue weighted by Gasteiger charge is 2.19. The number of piperidine rings is 1. The van der Waals surface area contributed by atoms with Crippen molar-refractivity contribution in [3.8, 4) is 5.75 Å². The molecule has 0 amide bonds. The van der Waals surface area contributed by atoms with Gasteiger partial charge in [-0.1, -0.05) is 0 Å². The van der Waals surface area contributed by atoms with Crippen molar-refractivity contribution in [2.75, 3.05) is 31.3 Å². The van der Waals surface area contributed by atoms with E-state index in [0.717, 1.165) is 37.2 Å². The Morgan fingerprint density at radius 3 is 2.73 bits per heavy atom. The fraction of sp³-hybridized carbons (Fsp3) is 0.562. The van der Waals surface area contributed by atoms with Gasteiger partial charge in [-0.2, -0.15) is 0 Å². The van der Waals surface area contributed by atoms with Crippen LogP contribution in [0.4, 0.5) is 10.1 Å². The summed E-state index contributed by atoms with van der Waals surface area (Å²) in [4.78, 5) is 13.3. The molecule has 0 spiro atoms. The fourth-order valence-corrected chi connectivity index (χ4v) is 2.74. The normalized spacial score (nSPS) is 16.4. The van der Waals surface area contributed by atoms with Gasteiger partial charge in [0.1, 0.15) is 25.1 Å². The van der Waals surface area contributed by atoms with Crippen molar-refractivity contribution in [1.82, 2.24) is 0 Å². The highest BCUT2D eigenvalue weighted by molar-refractivity contribution is 5.74. The maximum Gasteiger partial charge on any atom is 0.320 e. The van der Waals surface area contributed by atoms with Crippen molar-refractivity contribution < 1.29 is 19.0 Å². The predicted molar refractivity (Wildman–Crippen MR) is 83.3 cm³/mol. The van der Waals surface area contributed by atoms with Crippen LogP contribution < -0.4 is 15.4 Å². The number of halogens is 1. The highest BCUT2D eigenvalue weighted by atomic mass is 19.1. The van der Waals surface area contributed by atoms with E-state index in [-0.39, 0.29) is 13.0 Å². The SMILES string of the molecule is NC(Cc1cc(OCCF)ccc1N1CCCCC1)C(=O)O. The second-order valence-corrected chi connectivity index (χ2v) is 5.52. The van der Waals surface area contributed by atoms with Crippen molar-refractivity contribution in [3.63, 3.8) is 0 Å². The number of aliphatic carboxylic acids is 1. The number of carboxylic acid groups (broad SMARTS) is 1. The average Bonchev–Trinajstić information content (AvgIpc) is 2.53. The Bertz CT molecular complexity index is 504. The molecule has 1 aromatic carbocycles. The number of hydrogen-bond donors (Lipinski definition) is 2. The van der Waals surface area contributed by atoms with Gasteiger partial charge < -0.3 is 20.5 Å². The molecule has 0 saturated carbocycles. The van der Waals surface area contributed by atoms with Gasteiger partial charge in [0.15, 0.2) is 0 Å². The number of hydrogen-bond acceptors (Lipinski definition) is 4. The van der Waals surface area contributed by atoms with E-state index >= 15 is 0 Å². The summed E-state index contributed by atoms with van der Waals surface area (Å²) in [5.74, 6) is -0.481. The quantitative estimate of drug-likeness (QED) is 0.805. The molecule has 1 aliphatic rings. The van der Waals surface area contributed by atoms with Crippen LogP contribution in [0.2, 0.25) is 0 Å². The van der Waals surface area contributed by atoms with E-state index in [1.54, 1.807) is 12.1 Å². The first-order chi connectivity index (χ1) is 10.6. The van der Waals surface area contributed by atoms with E-state index < -0.39 is 18.7 Å². The molecule has 0 aromatic heterocycles. The third kappa shape index (κ3) is 4.34. The van der Waals surface area contributed by atoms with Gasteiger partial charge in [-0.15, -0.1) is 0 Å². The van der Waals surface area contributed by atoms with Crippen molar-refractivity contribution in [3.05, 3.63) is 23.8 Å². The molecule has 6 heteroatoms. The number of nitrogens with zero attached hydrogens (tertiary/aromatic N) is 1. The van der Waals surface area contributed by atoms with E-state index in [2.05, 4.69) is 4.90 Å². The van der Waals surface area contributed by atoms with Crippen LogP contribution in [0, 0.1) is 0 Å². The average molecular weight is 310 g/mol. The van der Waals surface area contributed by atoms with Crippen LogP contribution in [-0.2, 0) is 11.2 Å². The molecule has 1 unspecified atom stereocenters. The summed E-state index contributed by atoms with van der Waals surface area (Å²) in [6.45, 7) is 1.35.